The smallest absolute Gasteiger partial charge is 0.224 e. The zero-order valence-corrected chi connectivity index (χ0v) is 10.4. The molecule has 1 heterocycles. The quantitative estimate of drug-likeness (QED) is 0.747. The van der Waals surface area contributed by atoms with Gasteiger partial charge in [-0.3, -0.25) is 4.79 Å². The van der Waals surface area contributed by atoms with Crippen molar-refractivity contribution in [3.05, 3.63) is 36.0 Å². The minimum absolute atomic E-state index is 0.0138. The number of carbonyl (C=O) groups is 1. The van der Waals surface area contributed by atoms with Crippen LogP contribution in [0.15, 0.2) is 30.5 Å². The summed E-state index contributed by atoms with van der Waals surface area (Å²) in [5.74, 6) is 0.0805. The number of rotatable bonds is 5. The van der Waals surface area contributed by atoms with Crippen molar-refractivity contribution in [2.24, 2.45) is 5.92 Å². The Hall–Kier alpha value is -1.81. The average molecular weight is 246 g/mol. The molecule has 18 heavy (non-hydrogen) atoms. The number of aromatic amines is 1. The van der Waals surface area contributed by atoms with Crippen molar-refractivity contribution >= 4 is 16.8 Å². The standard InChI is InChI=1S/C14H18N2O2/c1-10(9-17)7-16-14(18)6-11-8-15-13-5-3-2-4-12(11)13/h2-5,8,10,15,17H,6-7,9H2,1H3,(H,16,18). The summed E-state index contributed by atoms with van der Waals surface area (Å²) in [5, 5.41) is 12.8. The van der Waals surface area contributed by atoms with E-state index in [1.54, 1.807) is 0 Å². The highest BCUT2D eigenvalue weighted by Crippen LogP contribution is 2.17. The van der Waals surface area contributed by atoms with Crippen molar-refractivity contribution in [1.29, 1.82) is 0 Å². The SMILES string of the molecule is CC(CO)CNC(=O)Cc1c[nH]c2ccccc12. The summed E-state index contributed by atoms with van der Waals surface area (Å²) in [6.07, 6.45) is 2.24. The van der Waals surface area contributed by atoms with Crippen molar-refractivity contribution in [3.8, 4) is 0 Å². The molecule has 1 aromatic carbocycles. The molecular formula is C14H18N2O2. The lowest BCUT2D eigenvalue weighted by atomic mass is 10.1. The number of H-pyrrole nitrogens is 1. The van der Waals surface area contributed by atoms with Crippen molar-refractivity contribution in [3.63, 3.8) is 0 Å². The molecule has 96 valence electrons. The summed E-state index contributed by atoms with van der Waals surface area (Å²) in [4.78, 5) is 14.9. The Bertz CT molecular complexity index is 533. The number of hydrogen-bond donors (Lipinski definition) is 3. The van der Waals surface area contributed by atoms with Crippen LogP contribution in [0.2, 0.25) is 0 Å². The molecule has 0 fully saturated rings. The van der Waals surface area contributed by atoms with E-state index >= 15 is 0 Å². The fourth-order valence-corrected chi connectivity index (χ4v) is 1.87. The van der Waals surface area contributed by atoms with Crippen LogP contribution < -0.4 is 5.32 Å². The van der Waals surface area contributed by atoms with Gasteiger partial charge in [-0.15, -0.1) is 0 Å². The number of para-hydroxylation sites is 1. The van der Waals surface area contributed by atoms with E-state index < -0.39 is 0 Å². The van der Waals surface area contributed by atoms with E-state index in [0.29, 0.717) is 13.0 Å². The second kappa shape index (κ2) is 5.69. The lowest BCUT2D eigenvalue weighted by Crippen LogP contribution is -2.30. The minimum atomic E-state index is -0.0138. The van der Waals surface area contributed by atoms with Gasteiger partial charge in [0.25, 0.3) is 0 Å². The van der Waals surface area contributed by atoms with Gasteiger partial charge in [0.1, 0.15) is 0 Å². The molecule has 0 aliphatic rings. The monoisotopic (exact) mass is 246 g/mol. The Morgan fingerprint density at radius 1 is 1.44 bits per heavy atom. The molecule has 4 nitrogen and oxygen atoms in total. The van der Waals surface area contributed by atoms with Crippen LogP contribution in [0.25, 0.3) is 10.9 Å². The Morgan fingerprint density at radius 3 is 3.00 bits per heavy atom. The van der Waals surface area contributed by atoms with Gasteiger partial charge in [-0.2, -0.15) is 0 Å². The van der Waals surface area contributed by atoms with Gasteiger partial charge in [0.15, 0.2) is 0 Å². The Kier molecular flexibility index (Phi) is 3.99. The average Bonchev–Trinajstić information content (AvgIpc) is 2.79. The molecule has 0 spiro atoms. The topological polar surface area (TPSA) is 65.1 Å². The lowest BCUT2D eigenvalue weighted by Gasteiger charge is -2.09. The van der Waals surface area contributed by atoms with Crippen LogP contribution in [-0.2, 0) is 11.2 Å². The van der Waals surface area contributed by atoms with E-state index in [-0.39, 0.29) is 18.4 Å². The second-order valence-corrected chi connectivity index (χ2v) is 4.63. The molecule has 3 N–H and O–H groups in total. The molecule has 1 aromatic heterocycles. The predicted molar refractivity (Wildman–Crippen MR) is 71.3 cm³/mol. The number of fused-ring (bicyclic) bond motifs is 1. The van der Waals surface area contributed by atoms with Crippen molar-refractivity contribution in [2.45, 2.75) is 13.3 Å². The van der Waals surface area contributed by atoms with Crippen molar-refractivity contribution < 1.29 is 9.90 Å². The summed E-state index contributed by atoms with van der Waals surface area (Å²) >= 11 is 0. The highest BCUT2D eigenvalue weighted by Gasteiger charge is 2.09. The van der Waals surface area contributed by atoms with E-state index in [0.717, 1.165) is 16.5 Å². The summed E-state index contributed by atoms with van der Waals surface area (Å²) in [7, 11) is 0. The first-order chi connectivity index (χ1) is 8.70. The number of benzene rings is 1. The highest BCUT2D eigenvalue weighted by molar-refractivity contribution is 5.88. The van der Waals surface area contributed by atoms with Crippen LogP contribution in [0, 0.1) is 5.92 Å². The molecule has 0 aliphatic carbocycles. The van der Waals surface area contributed by atoms with Crippen LogP contribution in [0.4, 0.5) is 0 Å². The molecule has 0 saturated heterocycles. The zero-order chi connectivity index (χ0) is 13.0. The molecule has 2 rings (SSSR count). The molecule has 0 saturated carbocycles. The Morgan fingerprint density at radius 2 is 2.22 bits per heavy atom. The number of aliphatic hydroxyl groups excluding tert-OH is 1. The first-order valence-electron chi connectivity index (χ1n) is 6.13. The normalized spacial score (nSPS) is 12.6. The molecular weight excluding hydrogens is 228 g/mol. The van der Waals surface area contributed by atoms with Gasteiger partial charge in [0.05, 0.1) is 6.42 Å². The predicted octanol–water partition coefficient (Wildman–Crippen LogP) is 1.45. The molecule has 1 unspecified atom stereocenters. The maximum Gasteiger partial charge on any atom is 0.224 e. The third kappa shape index (κ3) is 2.90. The fourth-order valence-electron chi connectivity index (χ4n) is 1.87. The maximum absolute atomic E-state index is 11.8. The summed E-state index contributed by atoms with van der Waals surface area (Å²) in [6.45, 7) is 2.50. The zero-order valence-electron chi connectivity index (χ0n) is 10.4. The second-order valence-electron chi connectivity index (χ2n) is 4.63. The first-order valence-corrected chi connectivity index (χ1v) is 6.13. The molecule has 0 aliphatic heterocycles. The summed E-state index contributed by atoms with van der Waals surface area (Å²) < 4.78 is 0. The van der Waals surface area contributed by atoms with Gasteiger partial charge >= 0.3 is 0 Å². The molecule has 1 atom stereocenters. The third-order valence-electron chi connectivity index (χ3n) is 2.99. The molecule has 2 aromatic rings. The molecule has 0 radical (unpaired) electrons. The first kappa shape index (κ1) is 12.6. The number of amides is 1. The Labute approximate surface area is 106 Å². The molecule has 0 bridgehead atoms. The highest BCUT2D eigenvalue weighted by atomic mass is 16.3. The summed E-state index contributed by atoms with van der Waals surface area (Å²) in [5.41, 5.74) is 2.05. The number of aliphatic hydroxyl groups is 1. The molecule has 4 heteroatoms. The summed E-state index contributed by atoms with van der Waals surface area (Å²) in [6, 6.07) is 7.92. The maximum atomic E-state index is 11.8. The number of nitrogens with one attached hydrogen (secondary N) is 2. The molecule has 1 amide bonds. The van der Waals surface area contributed by atoms with Crippen LogP contribution in [0.1, 0.15) is 12.5 Å². The van der Waals surface area contributed by atoms with Gasteiger partial charge in [-0.05, 0) is 17.5 Å². The number of hydrogen-bond acceptors (Lipinski definition) is 2. The van der Waals surface area contributed by atoms with Gasteiger partial charge in [-0.25, -0.2) is 0 Å². The van der Waals surface area contributed by atoms with E-state index in [9.17, 15) is 4.79 Å². The van der Waals surface area contributed by atoms with E-state index in [1.165, 1.54) is 0 Å². The fraction of sp³-hybridized carbons (Fsp3) is 0.357. The third-order valence-corrected chi connectivity index (χ3v) is 2.99. The Balaban J connectivity index is 1.99. The minimum Gasteiger partial charge on any atom is -0.396 e. The van der Waals surface area contributed by atoms with Crippen LogP contribution in [0.5, 0.6) is 0 Å². The van der Waals surface area contributed by atoms with Gasteiger partial charge in [0.2, 0.25) is 5.91 Å². The number of aromatic nitrogens is 1. The number of carbonyl (C=O) groups excluding carboxylic acids is 1. The van der Waals surface area contributed by atoms with Crippen molar-refractivity contribution in [1.82, 2.24) is 10.3 Å². The van der Waals surface area contributed by atoms with Crippen LogP contribution in [-0.4, -0.2) is 29.1 Å². The largest absolute Gasteiger partial charge is 0.396 e. The lowest BCUT2D eigenvalue weighted by molar-refractivity contribution is -0.120. The van der Waals surface area contributed by atoms with Gasteiger partial charge in [-0.1, -0.05) is 25.1 Å². The van der Waals surface area contributed by atoms with Crippen molar-refractivity contribution in [2.75, 3.05) is 13.2 Å². The van der Waals surface area contributed by atoms with E-state index in [2.05, 4.69) is 10.3 Å². The van der Waals surface area contributed by atoms with Crippen LogP contribution >= 0.6 is 0 Å². The van der Waals surface area contributed by atoms with E-state index in [1.807, 2.05) is 37.4 Å². The van der Waals surface area contributed by atoms with E-state index in [4.69, 9.17) is 5.11 Å². The van der Waals surface area contributed by atoms with Crippen LogP contribution in [0.3, 0.4) is 0 Å². The van der Waals surface area contributed by atoms with Gasteiger partial charge < -0.3 is 15.4 Å². The van der Waals surface area contributed by atoms with Gasteiger partial charge in [0, 0.05) is 30.3 Å².